The van der Waals surface area contributed by atoms with Crippen LogP contribution in [-0.2, 0) is 4.21 Å². The lowest BCUT2D eigenvalue weighted by atomic mass is 9.83. The van der Waals surface area contributed by atoms with Crippen LogP contribution in [0, 0.1) is 0 Å². The minimum absolute atomic E-state index is 0.428. The third-order valence-corrected chi connectivity index (χ3v) is 1.12. The monoisotopic (exact) mass is 158 g/mol. The molecule has 4 nitrogen and oxygen atoms in total. The summed E-state index contributed by atoms with van der Waals surface area (Å²) in [5.74, 6) is 0. The Balaban J connectivity index is 2.75. The Bertz CT molecular complexity index is 198. The van der Waals surface area contributed by atoms with Crippen LogP contribution in [0.15, 0.2) is 18.7 Å². The van der Waals surface area contributed by atoms with Crippen molar-refractivity contribution in [1.82, 2.24) is 9.97 Å². The first kappa shape index (κ1) is 7.46. The lowest BCUT2D eigenvalue weighted by molar-refractivity contribution is 0.457. The second-order valence-electron chi connectivity index (χ2n) is 1.61. The maximum Gasteiger partial charge on any atom is 0.511 e. The standard InChI is InChI=1S/C4H4BClN2O2/c6-10-5(9)4-1-7-3-8-2-4/h1-3,9H. The molecular formula is C4H4BClN2O2. The Morgan fingerprint density at radius 3 is 2.60 bits per heavy atom. The summed E-state index contributed by atoms with van der Waals surface area (Å²) < 4.78 is 4.08. The van der Waals surface area contributed by atoms with E-state index in [1.807, 2.05) is 0 Å². The first-order valence-electron chi connectivity index (χ1n) is 2.55. The van der Waals surface area contributed by atoms with E-state index in [-0.39, 0.29) is 0 Å². The third-order valence-electron chi connectivity index (χ3n) is 0.950. The first-order valence-corrected chi connectivity index (χ1v) is 2.86. The highest BCUT2D eigenvalue weighted by Gasteiger charge is 2.15. The van der Waals surface area contributed by atoms with Gasteiger partial charge in [0, 0.05) is 29.7 Å². The number of rotatable bonds is 2. The van der Waals surface area contributed by atoms with E-state index in [2.05, 4.69) is 14.2 Å². The van der Waals surface area contributed by atoms with Gasteiger partial charge < -0.3 is 9.23 Å². The minimum Gasteiger partial charge on any atom is -0.422 e. The normalized spacial score (nSPS) is 9.40. The number of aromatic nitrogens is 2. The largest absolute Gasteiger partial charge is 0.511 e. The van der Waals surface area contributed by atoms with Crippen LogP contribution in [0.4, 0.5) is 0 Å². The second kappa shape index (κ2) is 3.51. The molecule has 0 amide bonds. The van der Waals surface area contributed by atoms with E-state index < -0.39 is 7.12 Å². The van der Waals surface area contributed by atoms with Gasteiger partial charge in [-0.25, -0.2) is 9.97 Å². The van der Waals surface area contributed by atoms with Crippen LogP contribution in [0.25, 0.3) is 0 Å². The smallest absolute Gasteiger partial charge is 0.422 e. The molecule has 0 bridgehead atoms. The molecule has 0 radical (unpaired) electrons. The molecule has 0 atom stereocenters. The Morgan fingerprint density at radius 1 is 1.50 bits per heavy atom. The number of halogens is 1. The van der Waals surface area contributed by atoms with Crippen LogP contribution >= 0.6 is 11.9 Å². The third kappa shape index (κ3) is 1.67. The Kier molecular flexibility index (Phi) is 2.62. The van der Waals surface area contributed by atoms with E-state index in [0.29, 0.717) is 5.46 Å². The molecule has 52 valence electrons. The minimum atomic E-state index is -1.15. The molecule has 1 aromatic heterocycles. The van der Waals surface area contributed by atoms with Crippen LogP contribution < -0.4 is 5.46 Å². The van der Waals surface area contributed by atoms with E-state index in [9.17, 15) is 0 Å². The number of hydrogen-bond donors (Lipinski definition) is 1. The zero-order valence-electron chi connectivity index (χ0n) is 4.94. The average molecular weight is 158 g/mol. The molecule has 0 spiro atoms. The quantitative estimate of drug-likeness (QED) is 0.580. The van der Waals surface area contributed by atoms with Crippen molar-refractivity contribution in [2.24, 2.45) is 0 Å². The van der Waals surface area contributed by atoms with Gasteiger partial charge in [0.1, 0.15) is 6.33 Å². The van der Waals surface area contributed by atoms with E-state index >= 15 is 0 Å². The fourth-order valence-electron chi connectivity index (χ4n) is 0.490. The van der Waals surface area contributed by atoms with Crippen LogP contribution in [0.2, 0.25) is 0 Å². The highest BCUT2D eigenvalue weighted by molar-refractivity contribution is 6.63. The van der Waals surface area contributed by atoms with Gasteiger partial charge in [-0.15, -0.1) is 0 Å². The fourth-order valence-corrected chi connectivity index (χ4v) is 0.592. The maximum absolute atomic E-state index is 8.90. The summed E-state index contributed by atoms with van der Waals surface area (Å²) in [6.07, 6.45) is 4.19. The molecule has 1 rings (SSSR count). The van der Waals surface area contributed by atoms with Crippen molar-refractivity contribution < 1.29 is 9.23 Å². The van der Waals surface area contributed by atoms with Gasteiger partial charge in [0.15, 0.2) is 0 Å². The molecule has 0 saturated carbocycles. The molecular weight excluding hydrogens is 154 g/mol. The van der Waals surface area contributed by atoms with Crippen molar-refractivity contribution >= 4 is 24.4 Å². The first-order chi connectivity index (χ1) is 4.84. The van der Waals surface area contributed by atoms with Gasteiger partial charge in [-0.1, -0.05) is 0 Å². The lowest BCUT2D eigenvalue weighted by Gasteiger charge is -1.97. The summed E-state index contributed by atoms with van der Waals surface area (Å²) in [4.78, 5) is 7.29. The van der Waals surface area contributed by atoms with E-state index in [4.69, 9.17) is 16.9 Å². The van der Waals surface area contributed by atoms with Gasteiger partial charge in [0.25, 0.3) is 0 Å². The summed E-state index contributed by atoms with van der Waals surface area (Å²) in [7, 11) is -1.15. The predicted molar refractivity (Wildman–Crippen MR) is 36.6 cm³/mol. The molecule has 0 unspecified atom stereocenters. The topological polar surface area (TPSA) is 55.2 Å². The molecule has 0 aliphatic rings. The average Bonchev–Trinajstić information content (AvgIpc) is 2.05. The van der Waals surface area contributed by atoms with Crippen molar-refractivity contribution in [3.63, 3.8) is 0 Å². The number of nitrogens with zero attached hydrogens (tertiary/aromatic N) is 2. The maximum atomic E-state index is 8.90. The molecule has 0 aromatic carbocycles. The molecule has 0 aliphatic heterocycles. The second-order valence-corrected chi connectivity index (χ2v) is 1.79. The summed E-state index contributed by atoms with van der Waals surface area (Å²) in [5, 5.41) is 8.90. The summed E-state index contributed by atoms with van der Waals surface area (Å²) >= 11 is 4.88. The van der Waals surface area contributed by atoms with Gasteiger partial charge >= 0.3 is 7.12 Å². The lowest BCUT2D eigenvalue weighted by Crippen LogP contribution is -2.31. The Morgan fingerprint density at radius 2 is 2.10 bits per heavy atom. The highest BCUT2D eigenvalue weighted by Crippen LogP contribution is 1.85. The summed E-state index contributed by atoms with van der Waals surface area (Å²) in [6, 6.07) is 0. The van der Waals surface area contributed by atoms with Gasteiger partial charge in [0.05, 0.1) is 0 Å². The van der Waals surface area contributed by atoms with Crippen molar-refractivity contribution in [3.8, 4) is 0 Å². The zero-order valence-corrected chi connectivity index (χ0v) is 5.69. The Labute approximate surface area is 63.1 Å². The molecule has 0 aliphatic carbocycles. The molecule has 10 heavy (non-hydrogen) atoms. The van der Waals surface area contributed by atoms with Crippen LogP contribution in [0.5, 0.6) is 0 Å². The van der Waals surface area contributed by atoms with Crippen molar-refractivity contribution in [2.75, 3.05) is 0 Å². The molecule has 1 heterocycles. The number of hydrogen-bond acceptors (Lipinski definition) is 4. The molecule has 1 aromatic rings. The van der Waals surface area contributed by atoms with Gasteiger partial charge in [-0.3, -0.25) is 0 Å². The highest BCUT2D eigenvalue weighted by atomic mass is 35.5. The van der Waals surface area contributed by atoms with Gasteiger partial charge in [0.2, 0.25) is 0 Å². The van der Waals surface area contributed by atoms with Crippen molar-refractivity contribution in [1.29, 1.82) is 0 Å². The van der Waals surface area contributed by atoms with E-state index in [1.54, 1.807) is 0 Å². The van der Waals surface area contributed by atoms with Gasteiger partial charge in [-0.2, -0.15) is 0 Å². The molecule has 0 saturated heterocycles. The SMILES string of the molecule is OB(OCl)c1cncnc1. The predicted octanol–water partition coefficient (Wildman–Crippen LogP) is -0.665. The molecule has 1 N–H and O–H groups in total. The molecule has 0 fully saturated rings. The van der Waals surface area contributed by atoms with Crippen LogP contribution in [-0.4, -0.2) is 22.1 Å². The summed E-state index contributed by atoms with van der Waals surface area (Å²) in [5.41, 5.74) is 0.428. The zero-order chi connectivity index (χ0) is 7.40. The van der Waals surface area contributed by atoms with E-state index in [0.717, 1.165) is 0 Å². The van der Waals surface area contributed by atoms with Crippen molar-refractivity contribution in [2.45, 2.75) is 0 Å². The molecule has 6 heteroatoms. The van der Waals surface area contributed by atoms with Crippen molar-refractivity contribution in [3.05, 3.63) is 18.7 Å². The summed E-state index contributed by atoms with van der Waals surface area (Å²) in [6.45, 7) is 0. The van der Waals surface area contributed by atoms with Crippen LogP contribution in [0.1, 0.15) is 0 Å². The Hall–Kier alpha value is -0.645. The van der Waals surface area contributed by atoms with Crippen LogP contribution in [0.3, 0.4) is 0 Å². The van der Waals surface area contributed by atoms with Gasteiger partial charge in [-0.05, 0) is 0 Å². The fraction of sp³-hybridized carbons (Fsp3) is 0. The van der Waals surface area contributed by atoms with E-state index in [1.165, 1.54) is 18.7 Å².